The summed E-state index contributed by atoms with van der Waals surface area (Å²) in [6.07, 6.45) is 15.8. The molecule has 0 saturated heterocycles. The Morgan fingerprint density at radius 2 is 1.77 bits per heavy atom. The van der Waals surface area contributed by atoms with Crippen LogP contribution in [-0.4, -0.2) is 28.4 Å². The SMILES string of the molecule is N#Cc1ccc2c(c1)CN(C(=O)C1CC3CC4CC(C56CC7CCCC(C(=O)O)(C5)C(C7)C6)(C3)CC4C1)CC2. The molecular formula is C34H42N2O3. The van der Waals surface area contributed by atoms with Crippen molar-refractivity contribution in [2.75, 3.05) is 6.54 Å². The molecule has 0 aromatic heterocycles. The zero-order valence-corrected chi connectivity index (χ0v) is 23.2. The lowest BCUT2D eigenvalue weighted by atomic mass is 9.50. The van der Waals surface area contributed by atoms with Crippen LogP contribution in [0.25, 0.3) is 0 Å². The first-order valence-electron chi connectivity index (χ1n) is 15.9. The Morgan fingerprint density at radius 3 is 2.59 bits per heavy atom. The number of hydrogen-bond donors (Lipinski definition) is 1. The molecule has 7 aliphatic rings. The predicted molar refractivity (Wildman–Crippen MR) is 146 cm³/mol. The smallest absolute Gasteiger partial charge is 0.309 e. The van der Waals surface area contributed by atoms with Crippen molar-refractivity contribution in [3.8, 4) is 6.07 Å². The van der Waals surface area contributed by atoms with Crippen LogP contribution in [0.15, 0.2) is 18.2 Å². The van der Waals surface area contributed by atoms with Gasteiger partial charge < -0.3 is 10.0 Å². The van der Waals surface area contributed by atoms with Gasteiger partial charge in [-0.25, -0.2) is 0 Å². The van der Waals surface area contributed by atoms with Gasteiger partial charge in [0.1, 0.15) is 0 Å². The van der Waals surface area contributed by atoms with Crippen molar-refractivity contribution >= 4 is 11.9 Å². The van der Waals surface area contributed by atoms with Gasteiger partial charge in [0.05, 0.1) is 17.0 Å². The van der Waals surface area contributed by atoms with Crippen molar-refractivity contribution in [1.29, 1.82) is 5.26 Å². The molecule has 1 amide bonds. The van der Waals surface area contributed by atoms with E-state index < -0.39 is 11.4 Å². The highest BCUT2D eigenvalue weighted by atomic mass is 16.4. The number of carboxylic acid groups (broad SMARTS) is 1. The summed E-state index contributed by atoms with van der Waals surface area (Å²) in [4.78, 5) is 28.9. The average molecular weight is 527 g/mol. The maximum atomic E-state index is 14.0. The van der Waals surface area contributed by atoms with Crippen LogP contribution in [0.3, 0.4) is 0 Å². The van der Waals surface area contributed by atoms with Crippen LogP contribution >= 0.6 is 0 Å². The zero-order chi connectivity index (χ0) is 26.6. The van der Waals surface area contributed by atoms with Crippen LogP contribution in [0.5, 0.6) is 0 Å². The number of amides is 1. The van der Waals surface area contributed by atoms with E-state index in [0.717, 1.165) is 68.9 Å². The molecule has 206 valence electrons. The second-order valence-corrected chi connectivity index (χ2v) is 15.3. The first kappa shape index (κ1) is 24.4. The lowest BCUT2D eigenvalue weighted by Crippen LogP contribution is -2.47. The fourth-order valence-corrected chi connectivity index (χ4v) is 12.4. The summed E-state index contributed by atoms with van der Waals surface area (Å²) in [7, 11) is 0. The third kappa shape index (κ3) is 3.42. The van der Waals surface area contributed by atoms with Gasteiger partial charge in [0.15, 0.2) is 0 Å². The second kappa shape index (κ2) is 8.34. The van der Waals surface area contributed by atoms with Crippen LogP contribution < -0.4 is 0 Å². The molecule has 39 heavy (non-hydrogen) atoms. The van der Waals surface area contributed by atoms with Crippen molar-refractivity contribution < 1.29 is 14.7 Å². The molecule has 5 nitrogen and oxygen atoms in total. The van der Waals surface area contributed by atoms with E-state index in [9.17, 15) is 20.0 Å². The molecule has 0 radical (unpaired) electrons. The first-order valence-corrected chi connectivity index (χ1v) is 15.9. The lowest BCUT2D eigenvalue weighted by molar-refractivity contribution is -0.152. The van der Waals surface area contributed by atoms with Crippen molar-refractivity contribution in [3.63, 3.8) is 0 Å². The van der Waals surface area contributed by atoms with Crippen molar-refractivity contribution in [1.82, 2.24) is 4.90 Å². The number of carboxylic acids is 1. The molecule has 1 aliphatic heterocycles. The van der Waals surface area contributed by atoms with E-state index in [1.165, 1.54) is 50.5 Å². The van der Waals surface area contributed by atoms with Crippen LogP contribution in [0, 0.1) is 63.1 Å². The molecule has 0 spiro atoms. The minimum Gasteiger partial charge on any atom is -0.481 e. The van der Waals surface area contributed by atoms with Gasteiger partial charge in [-0.05, 0) is 141 Å². The van der Waals surface area contributed by atoms with Gasteiger partial charge in [-0.15, -0.1) is 0 Å². The summed E-state index contributed by atoms with van der Waals surface area (Å²) in [6, 6.07) is 8.20. The molecule has 6 saturated carbocycles. The monoisotopic (exact) mass is 526 g/mol. The Bertz CT molecular complexity index is 1280. The van der Waals surface area contributed by atoms with Gasteiger partial charge in [-0.1, -0.05) is 18.9 Å². The molecule has 1 aromatic rings. The molecule has 8 rings (SSSR count). The van der Waals surface area contributed by atoms with Crippen LogP contribution in [0.1, 0.15) is 100 Å². The molecule has 5 heteroatoms. The average Bonchev–Trinajstić information content (AvgIpc) is 3.22. The summed E-state index contributed by atoms with van der Waals surface area (Å²) in [5.74, 6) is 3.10. The Kier molecular flexibility index (Phi) is 5.23. The van der Waals surface area contributed by atoms with Gasteiger partial charge in [0, 0.05) is 19.0 Å². The van der Waals surface area contributed by atoms with E-state index in [2.05, 4.69) is 17.0 Å². The summed E-state index contributed by atoms with van der Waals surface area (Å²) in [5, 5.41) is 19.9. The Labute approximate surface area is 232 Å². The lowest BCUT2D eigenvalue weighted by Gasteiger charge is -2.55. The minimum absolute atomic E-state index is 0.131. The molecule has 1 N–H and O–H groups in total. The Morgan fingerprint density at radius 1 is 0.949 bits per heavy atom. The number of fused-ring (bicyclic) bond motifs is 6. The third-order valence-electron chi connectivity index (χ3n) is 13.7. The summed E-state index contributed by atoms with van der Waals surface area (Å²) < 4.78 is 0. The highest BCUT2D eigenvalue weighted by molar-refractivity contribution is 5.79. The van der Waals surface area contributed by atoms with Crippen molar-refractivity contribution in [2.24, 2.45) is 51.8 Å². The summed E-state index contributed by atoms with van der Waals surface area (Å²) in [6.45, 7) is 1.44. The van der Waals surface area contributed by atoms with E-state index in [4.69, 9.17) is 0 Å². The maximum absolute atomic E-state index is 14.0. The van der Waals surface area contributed by atoms with E-state index >= 15 is 0 Å². The number of rotatable bonds is 3. The van der Waals surface area contributed by atoms with E-state index in [0.29, 0.717) is 41.2 Å². The largest absolute Gasteiger partial charge is 0.481 e. The number of carbonyl (C=O) groups is 2. The highest BCUT2D eigenvalue weighted by Crippen LogP contribution is 2.77. The van der Waals surface area contributed by atoms with Gasteiger partial charge in [0.25, 0.3) is 0 Å². The summed E-state index contributed by atoms with van der Waals surface area (Å²) in [5.41, 5.74) is 3.21. The number of carbonyl (C=O) groups excluding carboxylic acids is 1. The van der Waals surface area contributed by atoms with Gasteiger partial charge in [-0.3, -0.25) is 9.59 Å². The van der Waals surface area contributed by atoms with Crippen LogP contribution in [-0.2, 0) is 22.6 Å². The number of nitriles is 1. The van der Waals surface area contributed by atoms with Crippen molar-refractivity contribution in [2.45, 2.75) is 96.4 Å². The fourth-order valence-electron chi connectivity index (χ4n) is 12.4. The summed E-state index contributed by atoms with van der Waals surface area (Å²) >= 11 is 0. The predicted octanol–water partition coefficient (Wildman–Crippen LogP) is 6.34. The van der Waals surface area contributed by atoms with Crippen LogP contribution in [0.4, 0.5) is 0 Å². The number of nitrogens with zero attached hydrogens (tertiary/aromatic N) is 2. The first-order chi connectivity index (χ1) is 18.8. The van der Waals surface area contributed by atoms with E-state index in [1.54, 1.807) is 0 Å². The normalized spacial score (nSPS) is 45.4. The molecule has 1 aromatic carbocycles. The molecule has 9 unspecified atom stereocenters. The molecule has 9 atom stereocenters. The third-order valence-corrected chi connectivity index (χ3v) is 13.7. The number of hydrogen-bond acceptors (Lipinski definition) is 3. The fraction of sp³-hybridized carbons (Fsp3) is 0.735. The van der Waals surface area contributed by atoms with Gasteiger partial charge in [0.2, 0.25) is 5.91 Å². The molecule has 6 aliphatic carbocycles. The minimum atomic E-state index is -0.491. The number of benzene rings is 1. The molecule has 6 bridgehead atoms. The molecular weight excluding hydrogens is 484 g/mol. The zero-order valence-electron chi connectivity index (χ0n) is 23.2. The van der Waals surface area contributed by atoms with E-state index in [1.807, 2.05) is 12.1 Å². The molecule has 6 fully saturated rings. The topological polar surface area (TPSA) is 81.4 Å². The van der Waals surface area contributed by atoms with Gasteiger partial charge in [-0.2, -0.15) is 5.26 Å². The Hall–Kier alpha value is -2.35. The van der Waals surface area contributed by atoms with Crippen LogP contribution in [0.2, 0.25) is 0 Å². The molecule has 1 heterocycles. The highest BCUT2D eigenvalue weighted by Gasteiger charge is 2.71. The Balaban J connectivity index is 1.04. The van der Waals surface area contributed by atoms with E-state index in [-0.39, 0.29) is 11.3 Å². The second-order valence-electron chi connectivity index (χ2n) is 15.3. The standard InChI is InChI=1S/C34H42N2O3/c35-18-22-3-4-24-5-7-36(19-28(24)8-22)30(37)25-9-23-10-26-15-32(14-23,16-27(26)12-25)33-13-21-2-1-6-34(20-33,31(38)39)29(11-21)17-33/h3-4,8,21,23,25-27,29H,1-2,5-7,9-17,19-20H2,(H,38,39). The van der Waals surface area contributed by atoms with Gasteiger partial charge >= 0.3 is 5.97 Å². The quantitative estimate of drug-likeness (QED) is 0.499. The van der Waals surface area contributed by atoms with Crippen molar-refractivity contribution in [3.05, 3.63) is 34.9 Å². The maximum Gasteiger partial charge on any atom is 0.309 e. The number of aliphatic carboxylic acids is 1.